The lowest BCUT2D eigenvalue weighted by Crippen LogP contribution is -2.30. The summed E-state index contributed by atoms with van der Waals surface area (Å²) in [5, 5.41) is 6.55. The number of hydrogen-bond acceptors (Lipinski definition) is 6. The minimum atomic E-state index is -3.63. The van der Waals surface area contributed by atoms with Gasteiger partial charge in [-0.15, -0.1) is 0 Å². The molecule has 0 atom stereocenters. The highest BCUT2D eigenvalue weighted by Crippen LogP contribution is 2.38. The fraction of sp³-hybridized carbons (Fsp3) is 0.526. The fourth-order valence-electron chi connectivity index (χ4n) is 3.37. The number of aryl methyl sites for hydroxylation is 2. The van der Waals surface area contributed by atoms with Crippen molar-refractivity contribution in [3.63, 3.8) is 0 Å². The molecule has 1 amide bonds. The normalized spacial score (nSPS) is 16.6. The predicted octanol–water partition coefficient (Wildman–Crippen LogP) is 1.81. The van der Waals surface area contributed by atoms with Gasteiger partial charge in [0.05, 0.1) is 11.4 Å². The van der Waals surface area contributed by atoms with E-state index in [9.17, 15) is 13.2 Å². The number of amides is 1. The molecule has 2 aliphatic rings. The maximum absolute atomic E-state index is 12.5. The number of sulfonamides is 1. The van der Waals surface area contributed by atoms with Gasteiger partial charge >= 0.3 is 0 Å². The Labute approximate surface area is 164 Å². The van der Waals surface area contributed by atoms with E-state index < -0.39 is 10.0 Å². The Kier molecular flexibility index (Phi) is 5.45. The highest BCUT2D eigenvalue weighted by Gasteiger charge is 2.28. The van der Waals surface area contributed by atoms with E-state index in [1.165, 1.54) is 5.56 Å². The molecule has 1 heterocycles. The third-order valence-electron chi connectivity index (χ3n) is 5.14. The number of nitrogens with zero attached hydrogens (tertiary/aromatic N) is 2. The van der Waals surface area contributed by atoms with Gasteiger partial charge in [0.15, 0.2) is 5.82 Å². The number of fused-ring (bicyclic) bond motifs is 1. The van der Waals surface area contributed by atoms with Crippen LogP contribution in [0.5, 0.6) is 0 Å². The zero-order chi connectivity index (χ0) is 19.6. The highest BCUT2D eigenvalue weighted by molar-refractivity contribution is 7.89. The lowest BCUT2D eigenvalue weighted by atomic mass is 9.92. The summed E-state index contributed by atoms with van der Waals surface area (Å²) in [5.74, 6) is 1.18. The van der Waals surface area contributed by atoms with E-state index in [4.69, 9.17) is 4.52 Å². The van der Waals surface area contributed by atoms with E-state index >= 15 is 0 Å². The first-order valence-corrected chi connectivity index (χ1v) is 11.2. The molecule has 1 fully saturated rings. The fourth-order valence-corrected chi connectivity index (χ4v) is 4.45. The van der Waals surface area contributed by atoms with Crippen LogP contribution in [0, 0.1) is 0 Å². The summed E-state index contributed by atoms with van der Waals surface area (Å²) in [5.41, 5.74) is 2.34. The van der Waals surface area contributed by atoms with Crippen molar-refractivity contribution < 1.29 is 17.7 Å². The van der Waals surface area contributed by atoms with Crippen molar-refractivity contribution in [2.75, 3.05) is 6.54 Å². The number of benzene rings is 1. The van der Waals surface area contributed by atoms with E-state index in [2.05, 4.69) is 20.2 Å². The Hall–Kier alpha value is -2.26. The van der Waals surface area contributed by atoms with Crippen molar-refractivity contribution in [1.29, 1.82) is 0 Å². The molecule has 1 aromatic heterocycles. The smallest absolute Gasteiger partial charge is 0.246 e. The molecule has 4 rings (SSSR count). The van der Waals surface area contributed by atoms with Gasteiger partial charge in [0.1, 0.15) is 0 Å². The van der Waals surface area contributed by atoms with Crippen LogP contribution in [0.3, 0.4) is 0 Å². The van der Waals surface area contributed by atoms with E-state index in [1.54, 1.807) is 12.1 Å². The number of carbonyl (C=O) groups is 1. The van der Waals surface area contributed by atoms with Gasteiger partial charge in [-0.05, 0) is 61.8 Å². The quantitative estimate of drug-likeness (QED) is 0.694. The second-order valence-electron chi connectivity index (χ2n) is 7.38. The summed E-state index contributed by atoms with van der Waals surface area (Å²) in [7, 11) is -3.63. The monoisotopic (exact) mass is 404 g/mol. The molecule has 1 aromatic carbocycles. The van der Waals surface area contributed by atoms with E-state index in [0.717, 1.165) is 44.1 Å². The molecule has 28 heavy (non-hydrogen) atoms. The second-order valence-corrected chi connectivity index (χ2v) is 9.15. The minimum absolute atomic E-state index is 0.0302. The molecule has 0 saturated heterocycles. The number of carbonyl (C=O) groups excluding carboxylic acids is 1. The lowest BCUT2D eigenvalue weighted by Gasteiger charge is -2.16. The van der Waals surface area contributed by atoms with Crippen molar-refractivity contribution in [2.45, 2.75) is 62.3 Å². The summed E-state index contributed by atoms with van der Waals surface area (Å²) in [6.07, 6.45) is 6.36. The Balaban J connectivity index is 1.24. The van der Waals surface area contributed by atoms with Crippen LogP contribution in [0.15, 0.2) is 27.6 Å². The Morgan fingerprint density at radius 3 is 2.75 bits per heavy atom. The van der Waals surface area contributed by atoms with Crippen LogP contribution in [0.2, 0.25) is 0 Å². The van der Waals surface area contributed by atoms with Gasteiger partial charge < -0.3 is 9.84 Å². The van der Waals surface area contributed by atoms with Gasteiger partial charge in [0, 0.05) is 18.9 Å². The molecule has 2 N–H and O–H groups in total. The molecule has 0 spiro atoms. The van der Waals surface area contributed by atoms with Crippen LogP contribution in [-0.4, -0.2) is 31.0 Å². The van der Waals surface area contributed by atoms with Gasteiger partial charge in [-0.2, -0.15) is 4.98 Å². The van der Waals surface area contributed by atoms with Gasteiger partial charge in [0.25, 0.3) is 0 Å². The average molecular weight is 404 g/mol. The zero-order valence-electron chi connectivity index (χ0n) is 15.6. The van der Waals surface area contributed by atoms with Crippen LogP contribution in [-0.2, 0) is 34.2 Å². The lowest BCUT2D eigenvalue weighted by molar-refractivity contribution is -0.121. The third kappa shape index (κ3) is 4.59. The number of hydrogen-bond donors (Lipinski definition) is 2. The van der Waals surface area contributed by atoms with Gasteiger partial charge in [-0.1, -0.05) is 11.2 Å². The Morgan fingerprint density at radius 2 is 1.96 bits per heavy atom. The Bertz CT molecular complexity index is 966. The molecule has 1 saturated carbocycles. The molecule has 0 unspecified atom stereocenters. The van der Waals surface area contributed by atoms with Gasteiger partial charge in [-0.3, -0.25) is 4.79 Å². The van der Waals surface area contributed by atoms with E-state index in [0.29, 0.717) is 17.6 Å². The Morgan fingerprint density at radius 1 is 1.18 bits per heavy atom. The highest BCUT2D eigenvalue weighted by atomic mass is 32.2. The van der Waals surface area contributed by atoms with E-state index in [1.807, 2.05) is 6.07 Å². The minimum Gasteiger partial charge on any atom is -0.347 e. The van der Waals surface area contributed by atoms with Crippen LogP contribution in [0.25, 0.3) is 0 Å². The maximum atomic E-state index is 12.5. The van der Waals surface area contributed by atoms with Gasteiger partial charge in [0.2, 0.25) is 21.8 Å². The number of nitrogens with one attached hydrogen (secondary N) is 2. The molecular formula is C19H24N4O4S. The van der Waals surface area contributed by atoms with Crippen molar-refractivity contribution in [2.24, 2.45) is 0 Å². The largest absolute Gasteiger partial charge is 0.347 e. The molecule has 8 nitrogen and oxygen atoms in total. The summed E-state index contributed by atoms with van der Waals surface area (Å²) < 4.78 is 32.5. The van der Waals surface area contributed by atoms with Crippen LogP contribution in [0.4, 0.5) is 0 Å². The second kappa shape index (κ2) is 8.00. The predicted molar refractivity (Wildman–Crippen MR) is 101 cm³/mol. The first-order valence-electron chi connectivity index (χ1n) is 9.72. The molecule has 150 valence electrons. The van der Waals surface area contributed by atoms with Crippen LogP contribution >= 0.6 is 0 Å². The summed E-state index contributed by atoms with van der Waals surface area (Å²) >= 11 is 0. The number of aromatic nitrogens is 2. The van der Waals surface area contributed by atoms with Crippen molar-refractivity contribution in [3.8, 4) is 0 Å². The molecule has 0 bridgehead atoms. The topological polar surface area (TPSA) is 114 Å². The number of rotatable bonds is 8. The first-order chi connectivity index (χ1) is 13.5. The van der Waals surface area contributed by atoms with Crippen LogP contribution in [0.1, 0.15) is 60.9 Å². The molecule has 2 aliphatic carbocycles. The van der Waals surface area contributed by atoms with Crippen molar-refractivity contribution in [3.05, 3.63) is 41.0 Å². The SMILES string of the molecule is O=C(CCNS(=O)(=O)c1ccc2c(c1)CCCC2)NCc1nc(C2CC2)no1. The van der Waals surface area contributed by atoms with Crippen molar-refractivity contribution in [1.82, 2.24) is 20.2 Å². The molecule has 0 aliphatic heterocycles. The zero-order valence-corrected chi connectivity index (χ0v) is 16.4. The van der Waals surface area contributed by atoms with Crippen molar-refractivity contribution >= 4 is 15.9 Å². The van der Waals surface area contributed by atoms with Crippen LogP contribution < -0.4 is 10.0 Å². The average Bonchev–Trinajstić information content (AvgIpc) is 3.44. The van der Waals surface area contributed by atoms with Gasteiger partial charge in [-0.25, -0.2) is 13.1 Å². The molecule has 0 radical (unpaired) electrons. The first kappa shape index (κ1) is 19.1. The summed E-state index contributed by atoms with van der Waals surface area (Å²) in [6.45, 7) is 0.179. The standard InChI is InChI=1S/C19H24N4O4S/c24-17(20-12-18-22-19(23-27-18)14-5-6-14)9-10-21-28(25,26)16-8-7-13-3-1-2-4-15(13)11-16/h7-8,11,14,21H,1-6,9-10,12H2,(H,20,24). The molecule has 2 aromatic rings. The van der Waals surface area contributed by atoms with E-state index in [-0.39, 0.29) is 30.3 Å². The summed E-state index contributed by atoms with van der Waals surface area (Å²) in [6, 6.07) is 5.29. The molecule has 9 heteroatoms. The maximum Gasteiger partial charge on any atom is 0.246 e. The third-order valence-corrected chi connectivity index (χ3v) is 6.60. The summed E-state index contributed by atoms with van der Waals surface area (Å²) in [4.78, 5) is 16.4. The molecular weight excluding hydrogens is 380 g/mol.